The maximum atomic E-state index is 14.1. The molecule has 3 N–H and O–H groups in total. The van der Waals surface area contributed by atoms with Crippen molar-refractivity contribution in [3.05, 3.63) is 70.3 Å². The summed E-state index contributed by atoms with van der Waals surface area (Å²) in [7, 11) is 0. The van der Waals surface area contributed by atoms with Gasteiger partial charge in [0.2, 0.25) is 11.9 Å². The van der Waals surface area contributed by atoms with Crippen molar-refractivity contribution in [1.82, 2.24) is 15.5 Å². The Kier molecular flexibility index (Phi) is 8.20. The van der Waals surface area contributed by atoms with Crippen LogP contribution in [0.3, 0.4) is 0 Å². The minimum Gasteiger partial charge on any atom is -0.493 e. The molecule has 45 heavy (non-hydrogen) atoms. The van der Waals surface area contributed by atoms with Gasteiger partial charge in [0.1, 0.15) is 11.4 Å². The summed E-state index contributed by atoms with van der Waals surface area (Å²) in [5.41, 5.74) is 2.54. The largest absolute Gasteiger partial charge is 0.493 e. The number of hydrogen-bond acceptors (Lipinski definition) is 7. The molecule has 4 aliphatic heterocycles. The summed E-state index contributed by atoms with van der Waals surface area (Å²) in [6.07, 6.45) is 6.69. The number of aliphatic hydroxyl groups is 1. The molecular weight excluding hydrogens is 572 g/mol. The van der Waals surface area contributed by atoms with Crippen LogP contribution in [0.2, 0.25) is 0 Å². The number of carbonyl (C=O) groups excluding carboxylic acids is 3. The Bertz CT molecular complexity index is 1580. The average molecular weight is 615 g/mol. The molecule has 10 heteroatoms. The molecule has 0 fully saturated rings. The van der Waals surface area contributed by atoms with Crippen molar-refractivity contribution in [2.45, 2.75) is 102 Å². The van der Waals surface area contributed by atoms with E-state index in [1.807, 2.05) is 31.2 Å². The summed E-state index contributed by atoms with van der Waals surface area (Å²) in [4.78, 5) is 47.5. The smallest absolute Gasteiger partial charge is 0.414 e. The van der Waals surface area contributed by atoms with Crippen LogP contribution in [0.4, 0.5) is 4.79 Å². The van der Waals surface area contributed by atoms with Crippen molar-refractivity contribution < 1.29 is 29.0 Å². The lowest BCUT2D eigenvalue weighted by Crippen LogP contribution is -2.56. The molecule has 5 aliphatic rings. The lowest BCUT2D eigenvalue weighted by atomic mass is 9.84. The third kappa shape index (κ3) is 6.33. The van der Waals surface area contributed by atoms with Crippen LogP contribution in [-0.2, 0) is 16.0 Å². The van der Waals surface area contributed by atoms with Gasteiger partial charge in [-0.25, -0.2) is 9.79 Å². The van der Waals surface area contributed by atoms with E-state index in [9.17, 15) is 19.5 Å². The van der Waals surface area contributed by atoms with E-state index < -0.39 is 35.4 Å². The van der Waals surface area contributed by atoms with Gasteiger partial charge in [-0.3, -0.25) is 19.8 Å². The molecule has 2 aromatic carbocycles. The number of aliphatic imine (C=N–C) groups is 1. The molecular formula is C35H42N4O6. The zero-order chi connectivity index (χ0) is 31.9. The van der Waals surface area contributed by atoms with Crippen molar-refractivity contribution in [1.29, 1.82) is 0 Å². The third-order valence-corrected chi connectivity index (χ3v) is 9.11. The minimum absolute atomic E-state index is 0.154. The number of amides is 3. The minimum atomic E-state index is -0.744. The highest BCUT2D eigenvalue weighted by Gasteiger charge is 2.44. The number of nitrogens with zero attached hydrogens (tertiary/aromatic N) is 2. The van der Waals surface area contributed by atoms with Gasteiger partial charge in [-0.2, -0.15) is 0 Å². The van der Waals surface area contributed by atoms with E-state index >= 15 is 0 Å². The first-order chi connectivity index (χ1) is 21.4. The zero-order valence-corrected chi connectivity index (χ0v) is 26.4. The Balaban J connectivity index is 1.44. The number of aliphatic hydroxyl groups excluding tert-OH is 1. The standard InChI is InChI=1S/C35H42N4O6/c1-5-35-15-8-6-7-9-21-10-11-22-19-27(40)30(24(22)17-21)36-31(42)23-12-13-28-25(18-23)26(14-16-44-28)39(29(41)20-35)32(38-35)37-33(43)45-34(2,3)4/h7,9-13,17-18,26-27,30,40H,5-6,8,14-16,19-20H2,1-4H3,(H,36,42)(H,37,38,43)/b9-7-/t26-,27-,30-,35-/m1/s1. The fourth-order valence-corrected chi connectivity index (χ4v) is 6.83. The number of fused-ring (bicyclic) bond motifs is 5. The molecule has 6 bridgehead atoms. The summed E-state index contributed by atoms with van der Waals surface area (Å²) in [5, 5.41) is 16.8. The molecule has 0 unspecified atom stereocenters. The van der Waals surface area contributed by atoms with Crippen LogP contribution in [0.25, 0.3) is 6.08 Å². The summed E-state index contributed by atoms with van der Waals surface area (Å²) in [6, 6.07) is 10.2. The topological polar surface area (TPSA) is 130 Å². The van der Waals surface area contributed by atoms with Crippen molar-refractivity contribution in [3.63, 3.8) is 0 Å². The fraction of sp³-hybridized carbons (Fsp3) is 0.486. The normalized spacial score (nSPS) is 26.9. The van der Waals surface area contributed by atoms with Gasteiger partial charge in [-0.05, 0) is 87.4 Å². The second-order valence-electron chi connectivity index (χ2n) is 13.5. The summed E-state index contributed by atoms with van der Waals surface area (Å²) < 4.78 is 11.5. The van der Waals surface area contributed by atoms with E-state index in [1.54, 1.807) is 43.9 Å². The van der Waals surface area contributed by atoms with Crippen LogP contribution in [0.15, 0.2) is 47.5 Å². The van der Waals surface area contributed by atoms with Gasteiger partial charge in [-0.1, -0.05) is 31.2 Å². The van der Waals surface area contributed by atoms with Gasteiger partial charge in [0.15, 0.2) is 0 Å². The van der Waals surface area contributed by atoms with E-state index in [-0.39, 0.29) is 24.2 Å². The van der Waals surface area contributed by atoms with Crippen molar-refractivity contribution in [2.75, 3.05) is 6.61 Å². The first kappa shape index (κ1) is 30.8. The molecule has 238 valence electrons. The number of ether oxygens (including phenoxy) is 2. The number of rotatable bonds is 1. The Labute approximate surface area is 263 Å². The Morgan fingerprint density at radius 2 is 2.02 bits per heavy atom. The van der Waals surface area contributed by atoms with Crippen LogP contribution in [-0.4, -0.2) is 57.7 Å². The van der Waals surface area contributed by atoms with E-state index in [4.69, 9.17) is 14.5 Å². The number of allylic oxidation sites excluding steroid dienone is 1. The van der Waals surface area contributed by atoms with Crippen molar-refractivity contribution in [3.8, 4) is 5.75 Å². The molecule has 0 spiro atoms. The highest BCUT2D eigenvalue weighted by atomic mass is 16.6. The van der Waals surface area contributed by atoms with Gasteiger partial charge >= 0.3 is 6.09 Å². The molecule has 3 amide bonds. The molecule has 4 atom stereocenters. The van der Waals surface area contributed by atoms with Crippen molar-refractivity contribution in [2.24, 2.45) is 4.99 Å². The van der Waals surface area contributed by atoms with Crippen LogP contribution >= 0.6 is 0 Å². The second kappa shape index (κ2) is 12.0. The van der Waals surface area contributed by atoms with Gasteiger partial charge < -0.3 is 19.9 Å². The molecule has 4 heterocycles. The van der Waals surface area contributed by atoms with Crippen LogP contribution in [0.5, 0.6) is 5.75 Å². The van der Waals surface area contributed by atoms with Crippen LogP contribution < -0.4 is 15.4 Å². The monoisotopic (exact) mass is 614 g/mol. The Morgan fingerprint density at radius 3 is 2.80 bits per heavy atom. The van der Waals surface area contributed by atoms with E-state index in [0.29, 0.717) is 49.2 Å². The predicted octanol–water partition coefficient (Wildman–Crippen LogP) is 5.36. The molecule has 0 radical (unpaired) electrons. The number of benzene rings is 2. The zero-order valence-electron chi connectivity index (χ0n) is 26.4. The quantitative estimate of drug-likeness (QED) is 0.397. The number of alkyl carbamates (subject to hydrolysis) is 1. The molecule has 7 rings (SSSR count). The van der Waals surface area contributed by atoms with E-state index in [0.717, 1.165) is 29.5 Å². The SMILES string of the molecule is CC[C@@]12CCC/C=C\c3ccc4c(c3)[C@@H](NC(=O)c3ccc5c(c3)[C@@H](CCO5)N(C(=O)C1)C(NC(=O)OC(C)(C)C)=N2)[C@H](O)C4. The first-order valence-electron chi connectivity index (χ1n) is 15.9. The number of guanidine groups is 1. The number of hydrogen-bond donors (Lipinski definition) is 3. The van der Waals surface area contributed by atoms with Crippen LogP contribution in [0.1, 0.15) is 111 Å². The lowest BCUT2D eigenvalue weighted by molar-refractivity contribution is -0.132. The third-order valence-electron chi connectivity index (χ3n) is 9.11. The van der Waals surface area contributed by atoms with E-state index in [1.165, 1.54) is 0 Å². The maximum absolute atomic E-state index is 14.1. The van der Waals surface area contributed by atoms with Crippen molar-refractivity contribution >= 4 is 29.9 Å². The van der Waals surface area contributed by atoms with Crippen LogP contribution in [0, 0.1) is 0 Å². The summed E-state index contributed by atoms with van der Waals surface area (Å²) in [6.45, 7) is 7.71. The van der Waals surface area contributed by atoms with E-state index in [2.05, 4.69) is 16.7 Å². The fourth-order valence-electron chi connectivity index (χ4n) is 6.83. The molecule has 10 nitrogen and oxygen atoms in total. The molecule has 2 aromatic rings. The Hall–Kier alpha value is -4.18. The first-order valence-corrected chi connectivity index (χ1v) is 15.9. The summed E-state index contributed by atoms with van der Waals surface area (Å²) >= 11 is 0. The highest BCUT2D eigenvalue weighted by Crippen LogP contribution is 2.41. The summed E-state index contributed by atoms with van der Waals surface area (Å²) in [5.74, 6) is 0.221. The molecule has 0 saturated heterocycles. The predicted molar refractivity (Wildman–Crippen MR) is 170 cm³/mol. The molecule has 1 aliphatic carbocycles. The molecule has 0 aromatic heterocycles. The Morgan fingerprint density at radius 1 is 1.20 bits per heavy atom. The molecule has 0 saturated carbocycles. The number of nitrogens with one attached hydrogen (secondary N) is 2. The average Bonchev–Trinajstić information content (AvgIpc) is 3.28. The van der Waals surface area contributed by atoms with Gasteiger partial charge in [0.05, 0.1) is 36.8 Å². The lowest BCUT2D eigenvalue weighted by Gasteiger charge is -2.43. The second-order valence-corrected chi connectivity index (χ2v) is 13.5. The van der Waals surface area contributed by atoms with Gasteiger partial charge in [-0.15, -0.1) is 0 Å². The maximum Gasteiger partial charge on any atom is 0.414 e. The number of carbonyl (C=O) groups is 3. The highest BCUT2D eigenvalue weighted by molar-refractivity contribution is 6.05. The van der Waals surface area contributed by atoms with Gasteiger partial charge in [0.25, 0.3) is 5.91 Å². The van der Waals surface area contributed by atoms with Gasteiger partial charge in [0, 0.05) is 24.0 Å².